The van der Waals surface area contributed by atoms with Crippen molar-refractivity contribution in [3.63, 3.8) is 0 Å². The molecule has 2 N–H and O–H groups in total. The minimum atomic E-state index is -1.08. The number of hydrogen-bond donors (Lipinski definition) is 2. The van der Waals surface area contributed by atoms with E-state index in [1.807, 2.05) is 24.3 Å². The van der Waals surface area contributed by atoms with Crippen LogP contribution in [-0.2, 0) is 16.0 Å². The highest BCUT2D eigenvalue weighted by Crippen LogP contribution is 2.19. The summed E-state index contributed by atoms with van der Waals surface area (Å²) < 4.78 is 5.52. The Labute approximate surface area is 103 Å². The molecule has 5 nitrogen and oxygen atoms in total. The zero-order chi connectivity index (χ0) is 13.1. The molecule has 1 aromatic heterocycles. The van der Waals surface area contributed by atoms with Gasteiger partial charge >= 0.3 is 5.97 Å². The highest BCUT2D eigenvalue weighted by atomic mass is 16.4. The maximum Gasteiger partial charge on any atom is 0.326 e. The largest absolute Gasteiger partial charge is 0.480 e. The summed E-state index contributed by atoms with van der Waals surface area (Å²) in [4.78, 5) is 21.9. The van der Waals surface area contributed by atoms with Crippen molar-refractivity contribution >= 4 is 22.8 Å². The van der Waals surface area contributed by atoms with E-state index in [0.29, 0.717) is 11.3 Å². The first-order chi connectivity index (χ1) is 8.56. The van der Waals surface area contributed by atoms with Gasteiger partial charge in [0.2, 0.25) is 5.91 Å². The molecule has 0 saturated carbocycles. The Morgan fingerprint density at radius 3 is 2.72 bits per heavy atom. The van der Waals surface area contributed by atoms with Crippen LogP contribution in [0.3, 0.4) is 0 Å². The lowest BCUT2D eigenvalue weighted by atomic mass is 10.1. The van der Waals surface area contributed by atoms with Crippen molar-refractivity contribution in [2.24, 2.45) is 0 Å². The van der Waals surface area contributed by atoms with Crippen LogP contribution in [0.15, 0.2) is 34.7 Å². The number of rotatable bonds is 4. The highest BCUT2D eigenvalue weighted by molar-refractivity contribution is 5.83. The van der Waals surface area contributed by atoms with Gasteiger partial charge < -0.3 is 14.8 Å². The molecule has 1 atom stereocenters. The molecule has 1 heterocycles. The van der Waals surface area contributed by atoms with Gasteiger partial charge in [0.15, 0.2) is 0 Å². The number of amides is 1. The van der Waals surface area contributed by atoms with Crippen molar-refractivity contribution in [3.8, 4) is 0 Å². The van der Waals surface area contributed by atoms with Crippen LogP contribution in [0.1, 0.15) is 12.7 Å². The molecule has 1 amide bonds. The van der Waals surface area contributed by atoms with E-state index in [9.17, 15) is 9.59 Å². The van der Waals surface area contributed by atoms with E-state index in [4.69, 9.17) is 9.52 Å². The minimum Gasteiger partial charge on any atom is -0.480 e. The van der Waals surface area contributed by atoms with Crippen molar-refractivity contribution in [3.05, 3.63) is 36.1 Å². The maximum absolute atomic E-state index is 11.0. The molecule has 0 aliphatic carbocycles. The molecule has 0 bridgehead atoms. The van der Waals surface area contributed by atoms with Gasteiger partial charge in [-0.1, -0.05) is 18.2 Å². The number of carbonyl (C=O) groups excluding carboxylic acids is 1. The van der Waals surface area contributed by atoms with Gasteiger partial charge in [0.05, 0.1) is 0 Å². The van der Waals surface area contributed by atoms with Crippen LogP contribution in [-0.4, -0.2) is 23.0 Å². The van der Waals surface area contributed by atoms with Gasteiger partial charge in [-0.25, -0.2) is 4.79 Å². The molecule has 2 aromatic rings. The molecule has 1 unspecified atom stereocenters. The molecule has 18 heavy (non-hydrogen) atoms. The lowest BCUT2D eigenvalue weighted by molar-refractivity contribution is -0.141. The summed E-state index contributed by atoms with van der Waals surface area (Å²) in [5.74, 6) is -0.915. The van der Waals surface area contributed by atoms with Gasteiger partial charge in [-0.2, -0.15) is 0 Å². The molecule has 0 radical (unpaired) electrons. The quantitative estimate of drug-likeness (QED) is 0.859. The third-order valence-electron chi connectivity index (χ3n) is 2.56. The Balaban J connectivity index is 2.20. The molecule has 1 aromatic carbocycles. The average molecular weight is 247 g/mol. The van der Waals surface area contributed by atoms with Crippen molar-refractivity contribution < 1.29 is 19.1 Å². The monoisotopic (exact) mass is 247 g/mol. The lowest BCUT2D eigenvalue weighted by Gasteiger charge is -2.10. The molecule has 0 saturated heterocycles. The molecule has 0 aliphatic rings. The van der Waals surface area contributed by atoms with Gasteiger partial charge in [0, 0.05) is 18.7 Å². The van der Waals surface area contributed by atoms with Crippen molar-refractivity contribution in [2.75, 3.05) is 0 Å². The molecule has 2 rings (SSSR count). The Bertz CT molecular complexity index is 554. The Kier molecular flexibility index (Phi) is 3.32. The standard InChI is InChI=1S/C13H13NO4/c1-8(15)14-11(13(16)17)7-10-6-9-4-2-3-5-12(9)18-10/h2-6,11H,7H2,1H3,(H,14,15)(H,16,17). The number of furan rings is 1. The number of carboxylic acid groups (broad SMARTS) is 1. The minimum absolute atomic E-state index is 0.129. The van der Waals surface area contributed by atoms with Crippen molar-refractivity contribution in [2.45, 2.75) is 19.4 Å². The average Bonchev–Trinajstić information content (AvgIpc) is 2.69. The van der Waals surface area contributed by atoms with E-state index < -0.39 is 12.0 Å². The van der Waals surface area contributed by atoms with Gasteiger partial charge in [-0.3, -0.25) is 4.79 Å². The van der Waals surface area contributed by atoms with E-state index >= 15 is 0 Å². The van der Waals surface area contributed by atoms with Crippen LogP contribution >= 0.6 is 0 Å². The lowest BCUT2D eigenvalue weighted by Crippen LogP contribution is -2.41. The molecule has 5 heteroatoms. The van der Waals surface area contributed by atoms with Crippen molar-refractivity contribution in [1.82, 2.24) is 5.32 Å². The second-order valence-electron chi connectivity index (χ2n) is 4.05. The smallest absolute Gasteiger partial charge is 0.326 e. The van der Waals surface area contributed by atoms with E-state index in [1.165, 1.54) is 6.92 Å². The number of carboxylic acids is 1. The second-order valence-corrected chi connectivity index (χ2v) is 4.05. The molecule has 94 valence electrons. The first-order valence-electron chi connectivity index (χ1n) is 5.53. The zero-order valence-electron chi connectivity index (χ0n) is 9.84. The number of aliphatic carboxylic acids is 1. The predicted octanol–water partition coefficient (Wildman–Crippen LogP) is 1.56. The Morgan fingerprint density at radius 1 is 1.39 bits per heavy atom. The molecular formula is C13H13NO4. The number of hydrogen-bond acceptors (Lipinski definition) is 3. The van der Waals surface area contributed by atoms with Crippen LogP contribution < -0.4 is 5.32 Å². The normalized spacial score (nSPS) is 12.3. The second kappa shape index (κ2) is 4.91. The molecular weight excluding hydrogens is 234 g/mol. The summed E-state index contributed by atoms with van der Waals surface area (Å²) in [7, 11) is 0. The fourth-order valence-corrected chi connectivity index (χ4v) is 1.78. The first-order valence-corrected chi connectivity index (χ1v) is 5.53. The summed E-state index contributed by atoms with van der Waals surface area (Å²) in [6.45, 7) is 1.29. The third-order valence-corrected chi connectivity index (χ3v) is 2.56. The van der Waals surface area contributed by atoms with Crippen LogP contribution in [0.4, 0.5) is 0 Å². The number of carbonyl (C=O) groups is 2. The van der Waals surface area contributed by atoms with Gasteiger partial charge in [0.25, 0.3) is 0 Å². The summed E-state index contributed by atoms with van der Waals surface area (Å²) >= 11 is 0. The highest BCUT2D eigenvalue weighted by Gasteiger charge is 2.20. The number of para-hydroxylation sites is 1. The zero-order valence-corrected chi connectivity index (χ0v) is 9.84. The summed E-state index contributed by atoms with van der Waals surface area (Å²) in [5.41, 5.74) is 0.708. The molecule has 0 spiro atoms. The summed E-state index contributed by atoms with van der Waals surface area (Å²) in [5, 5.41) is 12.3. The predicted molar refractivity (Wildman–Crippen MR) is 65.2 cm³/mol. The topological polar surface area (TPSA) is 79.5 Å². The van der Waals surface area contributed by atoms with Gasteiger partial charge in [-0.05, 0) is 12.1 Å². The fourth-order valence-electron chi connectivity index (χ4n) is 1.78. The van der Waals surface area contributed by atoms with E-state index in [2.05, 4.69) is 5.32 Å². The van der Waals surface area contributed by atoms with Gasteiger partial charge in [-0.15, -0.1) is 0 Å². The molecule has 0 aliphatic heterocycles. The Morgan fingerprint density at radius 2 is 2.11 bits per heavy atom. The number of benzene rings is 1. The fraction of sp³-hybridized carbons (Fsp3) is 0.231. The van der Waals surface area contributed by atoms with E-state index in [0.717, 1.165) is 5.39 Å². The summed E-state index contributed by atoms with van der Waals surface area (Å²) in [6.07, 6.45) is 0.129. The van der Waals surface area contributed by atoms with Crippen LogP contribution in [0.2, 0.25) is 0 Å². The van der Waals surface area contributed by atoms with E-state index in [1.54, 1.807) is 6.07 Å². The van der Waals surface area contributed by atoms with Crippen LogP contribution in [0, 0.1) is 0 Å². The van der Waals surface area contributed by atoms with Gasteiger partial charge in [0.1, 0.15) is 17.4 Å². The SMILES string of the molecule is CC(=O)NC(Cc1cc2ccccc2o1)C(=O)O. The van der Waals surface area contributed by atoms with E-state index in [-0.39, 0.29) is 12.3 Å². The van der Waals surface area contributed by atoms with Crippen LogP contribution in [0.5, 0.6) is 0 Å². The first kappa shape index (κ1) is 12.2. The Hall–Kier alpha value is -2.30. The number of nitrogens with one attached hydrogen (secondary N) is 1. The van der Waals surface area contributed by atoms with Crippen LogP contribution in [0.25, 0.3) is 11.0 Å². The maximum atomic E-state index is 11.0. The third kappa shape index (κ3) is 2.68. The number of fused-ring (bicyclic) bond motifs is 1. The van der Waals surface area contributed by atoms with Crippen molar-refractivity contribution in [1.29, 1.82) is 0 Å². The summed E-state index contributed by atoms with van der Waals surface area (Å²) in [6, 6.07) is 8.24. The molecule has 0 fully saturated rings.